The molecule has 0 radical (unpaired) electrons. The van der Waals surface area contributed by atoms with E-state index >= 15 is 0 Å². The van der Waals surface area contributed by atoms with E-state index in [-0.39, 0.29) is 5.41 Å². The Kier molecular flexibility index (Phi) is 4.88. The van der Waals surface area contributed by atoms with Gasteiger partial charge in [-0.1, -0.05) is 58.0 Å². The summed E-state index contributed by atoms with van der Waals surface area (Å²) in [5.74, 6) is 0.301. The summed E-state index contributed by atoms with van der Waals surface area (Å²) in [5, 5.41) is 0. The molecule has 2 nitrogen and oxygen atoms in total. The Bertz CT molecular complexity index is 351. The van der Waals surface area contributed by atoms with Gasteiger partial charge in [-0.2, -0.15) is 0 Å². The molecule has 0 unspecified atom stereocenters. The molecule has 17 heavy (non-hydrogen) atoms. The van der Waals surface area contributed by atoms with Crippen LogP contribution in [0.15, 0.2) is 30.3 Å². The van der Waals surface area contributed by atoms with Crippen molar-refractivity contribution in [2.24, 2.45) is 5.41 Å². The molecule has 0 saturated carbocycles. The van der Waals surface area contributed by atoms with Crippen LogP contribution in [-0.2, 0) is 11.3 Å². The van der Waals surface area contributed by atoms with Crippen LogP contribution in [-0.4, -0.2) is 23.8 Å². The number of hydrogen-bond donors (Lipinski definition) is 0. The molecule has 0 bridgehead atoms. The number of likely N-dealkylation sites (N-methyl/N-ethyl adjacent to an activating group) is 1. The predicted octanol–water partition coefficient (Wildman–Crippen LogP) is 3.12. The Morgan fingerprint density at radius 2 is 1.76 bits per heavy atom. The number of hydrogen-bond acceptors (Lipinski definition) is 2. The number of nitrogens with zero attached hydrogens (tertiary/aromatic N) is 1. The first-order valence-electron chi connectivity index (χ1n) is 6.23. The smallest absolute Gasteiger partial charge is 0.152 e. The molecule has 0 amide bonds. The van der Waals surface area contributed by atoms with E-state index in [9.17, 15) is 4.79 Å². The number of carbonyl (C=O) groups is 1. The SMILES string of the molecule is CCN(CC(=O)C(C)(C)C)Cc1ccccc1. The highest BCUT2D eigenvalue weighted by molar-refractivity contribution is 5.85. The van der Waals surface area contributed by atoms with Crippen LogP contribution in [0.2, 0.25) is 0 Å². The average molecular weight is 233 g/mol. The van der Waals surface area contributed by atoms with E-state index in [0.717, 1.165) is 13.1 Å². The van der Waals surface area contributed by atoms with Crippen molar-refractivity contribution < 1.29 is 4.79 Å². The lowest BCUT2D eigenvalue weighted by atomic mass is 9.90. The highest BCUT2D eigenvalue weighted by atomic mass is 16.1. The summed E-state index contributed by atoms with van der Waals surface area (Å²) in [6.07, 6.45) is 0. The van der Waals surface area contributed by atoms with Gasteiger partial charge in [0.2, 0.25) is 0 Å². The maximum absolute atomic E-state index is 12.0. The van der Waals surface area contributed by atoms with Crippen LogP contribution in [0.1, 0.15) is 33.3 Å². The third-order valence-electron chi connectivity index (χ3n) is 2.90. The minimum atomic E-state index is -0.246. The Hall–Kier alpha value is -1.15. The van der Waals surface area contributed by atoms with Gasteiger partial charge >= 0.3 is 0 Å². The fraction of sp³-hybridized carbons (Fsp3) is 0.533. The highest BCUT2D eigenvalue weighted by Crippen LogP contribution is 2.16. The molecule has 0 aromatic heterocycles. The topological polar surface area (TPSA) is 20.3 Å². The summed E-state index contributed by atoms with van der Waals surface area (Å²) < 4.78 is 0. The lowest BCUT2D eigenvalue weighted by Crippen LogP contribution is -2.35. The normalized spacial score (nSPS) is 11.8. The molecule has 1 rings (SSSR count). The molecular formula is C15H23NO. The molecule has 2 heteroatoms. The fourth-order valence-electron chi connectivity index (χ4n) is 1.56. The molecule has 0 aliphatic rings. The molecule has 0 heterocycles. The van der Waals surface area contributed by atoms with Gasteiger partial charge < -0.3 is 0 Å². The van der Waals surface area contributed by atoms with E-state index in [1.165, 1.54) is 5.56 Å². The molecular weight excluding hydrogens is 210 g/mol. The molecule has 0 aliphatic heterocycles. The van der Waals surface area contributed by atoms with Gasteiger partial charge in [-0.25, -0.2) is 0 Å². The van der Waals surface area contributed by atoms with Crippen molar-refractivity contribution in [2.75, 3.05) is 13.1 Å². The standard InChI is InChI=1S/C15H23NO/c1-5-16(12-14(17)15(2,3)4)11-13-9-7-6-8-10-13/h6-10H,5,11-12H2,1-4H3. The van der Waals surface area contributed by atoms with Gasteiger partial charge in [0.15, 0.2) is 5.78 Å². The summed E-state index contributed by atoms with van der Waals surface area (Å²) in [4.78, 5) is 14.2. The largest absolute Gasteiger partial charge is 0.298 e. The van der Waals surface area contributed by atoms with Crippen molar-refractivity contribution in [2.45, 2.75) is 34.2 Å². The number of Topliss-reactive ketones (excluding diaryl/α,β-unsaturated/α-hetero) is 1. The van der Waals surface area contributed by atoms with Crippen molar-refractivity contribution in [1.29, 1.82) is 0 Å². The van der Waals surface area contributed by atoms with E-state index in [1.54, 1.807) is 0 Å². The van der Waals surface area contributed by atoms with E-state index < -0.39 is 0 Å². The second-order valence-electron chi connectivity index (χ2n) is 5.46. The van der Waals surface area contributed by atoms with Crippen LogP contribution in [0.4, 0.5) is 0 Å². The van der Waals surface area contributed by atoms with Crippen LogP contribution in [0.5, 0.6) is 0 Å². The molecule has 1 aromatic rings. The highest BCUT2D eigenvalue weighted by Gasteiger charge is 2.22. The molecule has 0 N–H and O–H groups in total. The molecule has 94 valence electrons. The van der Waals surface area contributed by atoms with E-state index in [2.05, 4.69) is 24.0 Å². The minimum absolute atomic E-state index is 0.246. The van der Waals surface area contributed by atoms with Crippen LogP contribution >= 0.6 is 0 Å². The number of benzene rings is 1. The Labute approximate surface area is 105 Å². The van der Waals surface area contributed by atoms with Gasteiger partial charge in [-0.3, -0.25) is 9.69 Å². The maximum atomic E-state index is 12.0. The summed E-state index contributed by atoms with van der Waals surface area (Å²) in [6.45, 7) is 10.3. The minimum Gasteiger partial charge on any atom is -0.298 e. The van der Waals surface area contributed by atoms with Crippen LogP contribution in [0.25, 0.3) is 0 Å². The van der Waals surface area contributed by atoms with Crippen molar-refractivity contribution in [3.8, 4) is 0 Å². The first kappa shape index (κ1) is 13.9. The lowest BCUT2D eigenvalue weighted by molar-refractivity contribution is -0.127. The molecule has 0 spiro atoms. The van der Waals surface area contributed by atoms with Crippen LogP contribution in [0, 0.1) is 5.41 Å². The number of ketones is 1. The average Bonchev–Trinajstić information content (AvgIpc) is 2.28. The number of carbonyl (C=O) groups excluding carboxylic acids is 1. The first-order valence-corrected chi connectivity index (χ1v) is 6.23. The predicted molar refractivity (Wildman–Crippen MR) is 71.9 cm³/mol. The van der Waals surface area contributed by atoms with Crippen LogP contribution in [0.3, 0.4) is 0 Å². The summed E-state index contributed by atoms with van der Waals surface area (Å²) >= 11 is 0. The van der Waals surface area contributed by atoms with Crippen LogP contribution < -0.4 is 0 Å². The Morgan fingerprint density at radius 1 is 1.18 bits per heavy atom. The first-order chi connectivity index (χ1) is 7.93. The fourth-order valence-corrected chi connectivity index (χ4v) is 1.56. The van der Waals surface area contributed by atoms with Gasteiger partial charge in [0, 0.05) is 12.0 Å². The van der Waals surface area contributed by atoms with Gasteiger partial charge in [0.05, 0.1) is 6.54 Å². The lowest BCUT2D eigenvalue weighted by Gasteiger charge is -2.24. The molecule has 1 aromatic carbocycles. The second kappa shape index (κ2) is 5.97. The maximum Gasteiger partial charge on any atom is 0.152 e. The Balaban J connectivity index is 2.59. The van der Waals surface area contributed by atoms with Gasteiger partial charge in [-0.05, 0) is 12.1 Å². The van der Waals surface area contributed by atoms with Gasteiger partial charge in [-0.15, -0.1) is 0 Å². The summed E-state index contributed by atoms with van der Waals surface area (Å²) in [6, 6.07) is 10.3. The second-order valence-corrected chi connectivity index (χ2v) is 5.46. The molecule has 0 saturated heterocycles. The van der Waals surface area contributed by atoms with E-state index in [0.29, 0.717) is 12.3 Å². The van der Waals surface area contributed by atoms with E-state index in [4.69, 9.17) is 0 Å². The molecule has 0 aliphatic carbocycles. The molecule has 0 fully saturated rings. The van der Waals surface area contributed by atoms with Crippen molar-refractivity contribution in [3.05, 3.63) is 35.9 Å². The van der Waals surface area contributed by atoms with Gasteiger partial charge in [0.1, 0.15) is 0 Å². The zero-order chi connectivity index (χ0) is 12.9. The monoisotopic (exact) mass is 233 g/mol. The summed E-state index contributed by atoms with van der Waals surface area (Å²) in [5.41, 5.74) is 1.01. The molecule has 0 atom stereocenters. The van der Waals surface area contributed by atoms with Crippen molar-refractivity contribution in [1.82, 2.24) is 4.90 Å². The number of rotatable bonds is 5. The third-order valence-corrected chi connectivity index (χ3v) is 2.90. The van der Waals surface area contributed by atoms with E-state index in [1.807, 2.05) is 39.0 Å². The van der Waals surface area contributed by atoms with Crippen molar-refractivity contribution in [3.63, 3.8) is 0 Å². The Morgan fingerprint density at radius 3 is 2.24 bits per heavy atom. The third kappa shape index (κ3) is 4.70. The zero-order valence-electron chi connectivity index (χ0n) is 11.4. The zero-order valence-corrected chi connectivity index (χ0v) is 11.4. The quantitative estimate of drug-likeness (QED) is 0.778. The van der Waals surface area contributed by atoms with Gasteiger partial charge in [0.25, 0.3) is 0 Å². The summed E-state index contributed by atoms with van der Waals surface area (Å²) in [7, 11) is 0. The van der Waals surface area contributed by atoms with Crippen molar-refractivity contribution >= 4 is 5.78 Å².